The van der Waals surface area contributed by atoms with Gasteiger partial charge in [-0.05, 0) is 56.0 Å². The lowest BCUT2D eigenvalue weighted by molar-refractivity contribution is -0.123. The van der Waals surface area contributed by atoms with Crippen molar-refractivity contribution in [3.05, 3.63) is 59.7 Å². The van der Waals surface area contributed by atoms with Gasteiger partial charge in [-0.15, -0.1) is 0 Å². The summed E-state index contributed by atoms with van der Waals surface area (Å²) in [4.78, 5) is 12.8. The summed E-state index contributed by atoms with van der Waals surface area (Å²) in [5.41, 5.74) is 1.58. The van der Waals surface area contributed by atoms with Crippen molar-refractivity contribution in [1.82, 2.24) is 10.0 Å². The molecule has 28 heavy (non-hydrogen) atoms. The Morgan fingerprint density at radius 2 is 1.82 bits per heavy atom. The predicted octanol–water partition coefficient (Wildman–Crippen LogP) is 2.81. The maximum atomic E-state index is 12.9. The molecule has 0 heterocycles. The molecule has 0 radical (unpaired) electrons. The highest BCUT2D eigenvalue weighted by molar-refractivity contribution is 7.89. The zero-order valence-corrected chi connectivity index (χ0v) is 17.5. The molecule has 2 aromatic carbocycles. The van der Waals surface area contributed by atoms with E-state index in [0.717, 1.165) is 12.0 Å². The third kappa shape index (κ3) is 5.81. The number of aryl methyl sites for hydroxylation is 1. The van der Waals surface area contributed by atoms with Crippen LogP contribution < -0.4 is 14.8 Å². The topological polar surface area (TPSA) is 84.5 Å². The highest BCUT2D eigenvalue weighted by Gasteiger charge is 2.27. The number of hydrogen-bond acceptors (Lipinski definition) is 4. The molecule has 0 aliphatic rings. The first-order chi connectivity index (χ1) is 13.3. The van der Waals surface area contributed by atoms with Gasteiger partial charge in [0, 0.05) is 6.04 Å². The Kier molecular flexibility index (Phi) is 7.60. The van der Waals surface area contributed by atoms with Crippen molar-refractivity contribution in [2.24, 2.45) is 0 Å². The number of sulfonamides is 1. The summed E-state index contributed by atoms with van der Waals surface area (Å²) < 4.78 is 33.6. The summed E-state index contributed by atoms with van der Waals surface area (Å²) in [5, 5.41) is 2.87. The lowest BCUT2D eigenvalue weighted by Crippen LogP contribution is -2.50. The van der Waals surface area contributed by atoms with E-state index in [1.807, 2.05) is 44.2 Å². The summed E-state index contributed by atoms with van der Waals surface area (Å²) in [6.07, 6.45) is 1.02. The van der Waals surface area contributed by atoms with E-state index in [9.17, 15) is 13.2 Å². The largest absolute Gasteiger partial charge is 0.496 e. The van der Waals surface area contributed by atoms with Crippen LogP contribution in [-0.2, 0) is 21.2 Å². The van der Waals surface area contributed by atoms with E-state index in [4.69, 9.17) is 4.74 Å². The molecule has 0 saturated heterocycles. The highest BCUT2D eigenvalue weighted by atomic mass is 32.2. The first kappa shape index (κ1) is 21.9. The Bertz CT molecular complexity index is 898. The normalized spacial score (nSPS) is 13.6. The third-order valence-corrected chi connectivity index (χ3v) is 6.04. The fourth-order valence-corrected chi connectivity index (χ4v) is 4.04. The summed E-state index contributed by atoms with van der Waals surface area (Å²) in [6, 6.07) is 13.0. The minimum absolute atomic E-state index is 0.0430. The Labute approximate surface area is 167 Å². The summed E-state index contributed by atoms with van der Waals surface area (Å²) in [7, 11) is -2.35. The van der Waals surface area contributed by atoms with Crippen LogP contribution in [0.2, 0.25) is 0 Å². The molecule has 0 aromatic heterocycles. The van der Waals surface area contributed by atoms with Gasteiger partial charge in [0.15, 0.2) is 0 Å². The molecule has 0 aliphatic heterocycles. The molecule has 152 valence electrons. The number of carbonyl (C=O) groups is 1. The SMILES string of the molecule is CC[C@@H](C)NC(=O)[C@H](Cc1ccccc1)NS(=O)(=O)c1ccc(OC)c(C)c1. The van der Waals surface area contributed by atoms with Crippen molar-refractivity contribution in [2.45, 2.75) is 50.6 Å². The molecule has 0 spiro atoms. The molecule has 0 aliphatic carbocycles. The number of methoxy groups -OCH3 is 1. The molecule has 1 amide bonds. The van der Waals surface area contributed by atoms with E-state index in [2.05, 4.69) is 10.0 Å². The van der Waals surface area contributed by atoms with Gasteiger partial charge >= 0.3 is 0 Å². The number of benzene rings is 2. The molecule has 0 bridgehead atoms. The van der Waals surface area contributed by atoms with Gasteiger partial charge in [-0.25, -0.2) is 8.42 Å². The lowest BCUT2D eigenvalue weighted by Gasteiger charge is -2.21. The summed E-state index contributed by atoms with van der Waals surface area (Å²) in [6.45, 7) is 5.62. The second-order valence-electron chi connectivity index (χ2n) is 6.81. The molecule has 2 aromatic rings. The van der Waals surface area contributed by atoms with Gasteiger partial charge in [0.1, 0.15) is 11.8 Å². The van der Waals surface area contributed by atoms with Crippen molar-refractivity contribution >= 4 is 15.9 Å². The number of hydrogen-bond donors (Lipinski definition) is 2. The first-order valence-electron chi connectivity index (χ1n) is 9.28. The fourth-order valence-electron chi connectivity index (χ4n) is 2.76. The zero-order chi connectivity index (χ0) is 20.7. The second-order valence-corrected chi connectivity index (χ2v) is 8.53. The van der Waals surface area contributed by atoms with Gasteiger partial charge in [-0.2, -0.15) is 4.72 Å². The number of nitrogens with one attached hydrogen (secondary N) is 2. The maximum absolute atomic E-state index is 12.9. The van der Waals surface area contributed by atoms with Gasteiger partial charge in [0.2, 0.25) is 15.9 Å². The minimum atomic E-state index is -3.88. The summed E-state index contributed by atoms with van der Waals surface area (Å²) >= 11 is 0. The molecule has 6 nitrogen and oxygen atoms in total. The van der Waals surface area contributed by atoms with Crippen LogP contribution in [0.4, 0.5) is 0 Å². The smallest absolute Gasteiger partial charge is 0.241 e. The monoisotopic (exact) mass is 404 g/mol. The van der Waals surface area contributed by atoms with Crippen molar-refractivity contribution in [3.8, 4) is 5.75 Å². The van der Waals surface area contributed by atoms with Crippen molar-refractivity contribution in [2.75, 3.05) is 7.11 Å². The number of ether oxygens (including phenoxy) is 1. The minimum Gasteiger partial charge on any atom is -0.496 e. The van der Waals surface area contributed by atoms with Gasteiger partial charge in [0.05, 0.1) is 12.0 Å². The number of rotatable bonds is 9. The molecule has 0 saturated carbocycles. The van der Waals surface area contributed by atoms with Crippen molar-refractivity contribution in [3.63, 3.8) is 0 Å². The fraction of sp³-hybridized carbons (Fsp3) is 0.381. The van der Waals surface area contributed by atoms with Crippen LogP contribution in [0.25, 0.3) is 0 Å². The Morgan fingerprint density at radius 1 is 1.14 bits per heavy atom. The predicted molar refractivity (Wildman–Crippen MR) is 110 cm³/mol. The Morgan fingerprint density at radius 3 is 2.39 bits per heavy atom. The van der Waals surface area contributed by atoms with E-state index in [-0.39, 0.29) is 23.3 Å². The van der Waals surface area contributed by atoms with Crippen molar-refractivity contribution < 1.29 is 17.9 Å². The van der Waals surface area contributed by atoms with Crippen LogP contribution >= 0.6 is 0 Å². The molecule has 2 atom stereocenters. The van der Waals surface area contributed by atoms with Crippen LogP contribution in [0.3, 0.4) is 0 Å². The van der Waals surface area contributed by atoms with Gasteiger partial charge < -0.3 is 10.1 Å². The first-order valence-corrected chi connectivity index (χ1v) is 10.8. The molecular formula is C21H28N2O4S. The standard InChI is InChI=1S/C21H28N2O4S/c1-5-16(3)22-21(24)19(14-17-9-7-6-8-10-17)23-28(25,26)18-11-12-20(27-4)15(2)13-18/h6-13,16,19,23H,5,14H2,1-4H3,(H,22,24)/t16-,19+/m1/s1. The van der Waals surface area contributed by atoms with E-state index in [0.29, 0.717) is 11.3 Å². The Hall–Kier alpha value is -2.38. The van der Waals surface area contributed by atoms with Crippen molar-refractivity contribution in [1.29, 1.82) is 0 Å². The highest BCUT2D eigenvalue weighted by Crippen LogP contribution is 2.21. The average Bonchev–Trinajstić information content (AvgIpc) is 2.67. The zero-order valence-electron chi connectivity index (χ0n) is 16.7. The van der Waals surface area contributed by atoms with E-state index in [1.54, 1.807) is 13.0 Å². The number of amides is 1. The van der Waals surface area contributed by atoms with Crippen LogP contribution in [0.15, 0.2) is 53.4 Å². The molecule has 2 N–H and O–H groups in total. The molecule has 0 fully saturated rings. The second kappa shape index (κ2) is 9.71. The van der Waals surface area contributed by atoms with Crippen LogP contribution in [0, 0.1) is 6.92 Å². The van der Waals surface area contributed by atoms with Gasteiger partial charge in [0.25, 0.3) is 0 Å². The van der Waals surface area contributed by atoms with Gasteiger partial charge in [-0.1, -0.05) is 37.3 Å². The molecule has 0 unspecified atom stereocenters. The molecule has 2 rings (SSSR count). The summed E-state index contributed by atoms with van der Waals surface area (Å²) in [5.74, 6) is 0.265. The lowest BCUT2D eigenvalue weighted by atomic mass is 10.1. The van der Waals surface area contributed by atoms with E-state index < -0.39 is 16.1 Å². The number of carbonyl (C=O) groups excluding carboxylic acids is 1. The van der Waals surface area contributed by atoms with E-state index >= 15 is 0 Å². The third-order valence-electron chi connectivity index (χ3n) is 4.57. The molecule has 7 heteroatoms. The Balaban J connectivity index is 2.29. The van der Waals surface area contributed by atoms with Crippen LogP contribution in [0.1, 0.15) is 31.4 Å². The average molecular weight is 405 g/mol. The van der Waals surface area contributed by atoms with Crippen LogP contribution in [0.5, 0.6) is 5.75 Å². The quantitative estimate of drug-likeness (QED) is 0.673. The maximum Gasteiger partial charge on any atom is 0.241 e. The van der Waals surface area contributed by atoms with Gasteiger partial charge in [-0.3, -0.25) is 4.79 Å². The van der Waals surface area contributed by atoms with E-state index in [1.165, 1.54) is 19.2 Å². The van der Waals surface area contributed by atoms with Crippen LogP contribution in [-0.4, -0.2) is 33.5 Å². The molecular weight excluding hydrogens is 376 g/mol.